The third-order valence-corrected chi connectivity index (χ3v) is 6.31. The van der Waals surface area contributed by atoms with Crippen molar-refractivity contribution in [2.75, 3.05) is 38.3 Å². The van der Waals surface area contributed by atoms with Crippen LogP contribution in [0.4, 0.5) is 5.69 Å². The normalized spacial score (nSPS) is 15.2. The number of hydrogen-bond acceptors (Lipinski definition) is 5. The zero-order valence-corrected chi connectivity index (χ0v) is 17.1. The Morgan fingerprint density at radius 2 is 1.97 bits per heavy atom. The molecule has 0 radical (unpaired) electrons. The van der Waals surface area contributed by atoms with Crippen molar-refractivity contribution in [1.29, 1.82) is 0 Å². The van der Waals surface area contributed by atoms with Gasteiger partial charge in [0.15, 0.2) is 4.96 Å². The standard InChI is InChI=1S/C22H22N4O2S/c1-24(17-5-3-2-4-6-17)21(27)20-15-26-19-13-16(14-25-9-11-28-12-10-25)7-8-18(19)23-22(26)29-20/h2-8,13,15H,9-12,14H2,1H3. The number of fused-ring (bicyclic) bond motifs is 3. The van der Waals surface area contributed by atoms with Crippen LogP contribution in [0.3, 0.4) is 0 Å². The molecule has 5 rings (SSSR count). The van der Waals surface area contributed by atoms with Gasteiger partial charge in [0.25, 0.3) is 5.91 Å². The second-order valence-electron chi connectivity index (χ2n) is 7.27. The van der Waals surface area contributed by atoms with E-state index in [1.54, 1.807) is 11.9 Å². The molecule has 0 unspecified atom stereocenters. The molecule has 2 aromatic carbocycles. The Balaban J connectivity index is 1.45. The van der Waals surface area contributed by atoms with E-state index >= 15 is 0 Å². The summed E-state index contributed by atoms with van der Waals surface area (Å²) >= 11 is 1.43. The van der Waals surface area contributed by atoms with Gasteiger partial charge in [0, 0.05) is 38.6 Å². The number of carbonyl (C=O) groups is 1. The van der Waals surface area contributed by atoms with Crippen LogP contribution in [-0.4, -0.2) is 53.5 Å². The minimum Gasteiger partial charge on any atom is -0.379 e. The van der Waals surface area contributed by atoms with E-state index in [4.69, 9.17) is 9.72 Å². The van der Waals surface area contributed by atoms with Crippen LogP contribution in [0.15, 0.2) is 54.7 Å². The zero-order valence-electron chi connectivity index (χ0n) is 16.2. The van der Waals surface area contributed by atoms with Gasteiger partial charge in [-0.15, -0.1) is 0 Å². The molecule has 1 fully saturated rings. The first-order chi connectivity index (χ1) is 14.2. The van der Waals surface area contributed by atoms with Crippen molar-refractivity contribution in [3.63, 3.8) is 0 Å². The second-order valence-corrected chi connectivity index (χ2v) is 8.28. The first-order valence-electron chi connectivity index (χ1n) is 9.73. The molecule has 0 aliphatic carbocycles. The molecule has 0 N–H and O–H groups in total. The number of hydrogen-bond donors (Lipinski definition) is 0. The van der Waals surface area contributed by atoms with Crippen molar-refractivity contribution >= 4 is 38.9 Å². The van der Waals surface area contributed by atoms with E-state index in [-0.39, 0.29) is 5.91 Å². The lowest BCUT2D eigenvalue weighted by Gasteiger charge is -2.26. The molecule has 2 aromatic heterocycles. The lowest BCUT2D eigenvalue weighted by molar-refractivity contribution is 0.0342. The van der Waals surface area contributed by atoms with E-state index < -0.39 is 0 Å². The number of rotatable bonds is 4. The van der Waals surface area contributed by atoms with E-state index in [0.717, 1.165) is 54.5 Å². The first-order valence-corrected chi connectivity index (χ1v) is 10.5. The summed E-state index contributed by atoms with van der Waals surface area (Å²) in [7, 11) is 1.80. The molecule has 29 heavy (non-hydrogen) atoms. The van der Waals surface area contributed by atoms with Crippen molar-refractivity contribution < 1.29 is 9.53 Å². The number of benzene rings is 2. The highest BCUT2D eigenvalue weighted by atomic mass is 32.1. The molecule has 1 aliphatic rings. The van der Waals surface area contributed by atoms with Gasteiger partial charge in [-0.3, -0.25) is 14.1 Å². The SMILES string of the molecule is CN(C(=O)c1cn2c(nc3ccc(CN4CCOCC4)cc32)s1)c1ccccc1. The smallest absolute Gasteiger partial charge is 0.269 e. The van der Waals surface area contributed by atoms with Crippen molar-refractivity contribution in [2.45, 2.75) is 6.54 Å². The molecule has 6 nitrogen and oxygen atoms in total. The number of anilines is 1. The van der Waals surface area contributed by atoms with Gasteiger partial charge in [-0.1, -0.05) is 35.6 Å². The molecule has 7 heteroatoms. The maximum Gasteiger partial charge on any atom is 0.269 e. The fourth-order valence-electron chi connectivity index (χ4n) is 3.70. The van der Waals surface area contributed by atoms with Gasteiger partial charge in [-0.05, 0) is 29.8 Å². The van der Waals surface area contributed by atoms with Crippen molar-refractivity contribution in [2.24, 2.45) is 0 Å². The number of imidazole rings is 1. The molecule has 148 valence electrons. The molecular weight excluding hydrogens is 384 g/mol. The lowest BCUT2D eigenvalue weighted by atomic mass is 10.2. The summed E-state index contributed by atoms with van der Waals surface area (Å²) in [4.78, 5) is 23.3. The van der Waals surface area contributed by atoms with Gasteiger partial charge in [0.1, 0.15) is 4.88 Å². The minimum atomic E-state index is -0.0238. The van der Waals surface area contributed by atoms with Crippen LogP contribution >= 0.6 is 11.3 Å². The summed E-state index contributed by atoms with van der Waals surface area (Å²) in [6.07, 6.45) is 1.91. The number of thiazole rings is 1. The summed E-state index contributed by atoms with van der Waals surface area (Å²) in [5, 5.41) is 0. The van der Waals surface area contributed by atoms with Gasteiger partial charge in [0.05, 0.1) is 24.2 Å². The Bertz CT molecular complexity index is 1160. The van der Waals surface area contributed by atoms with Crippen molar-refractivity contribution in [3.05, 3.63) is 65.2 Å². The largest absolute Gasteiger partial charge is 0.379 e. The Hall–Kier alpha value is -2.74. The van der Waals surface area contributed by atoms with Crippen LogP contribution in [0.25, 0.3) is 16.0 Å². The number of para-hydroxylation sites is 1. The second kappa shape index (κ2) is 7.59. The number of amides is 1. The maximum atomic E-state index is 13.0. The summed E-state index contributed by atoms with van der Waals surface area (Å²) < 4.78 is 7.48. The molecule has 1 amide bonds. The first kappa shape index (κ1) is 18.3. The average Bonchev–Trinajstić information content (AvgIpc) is 3.32. The minimum absolute atomic E-state index is 0.0238. The Morgan fingerprint density at radius 3 is 2.76 bits per heavy atom. The van der Waals surface area contributed by atoms with E-state index in [1.807, 2.05) is 40.9 Å². The zero-order chi connectivity index (χ0) is 19.8. The number of nitrogens with zero attached hydrogens (tertiary/aromatic N) is 4. The number of carbonyl (C=O) groups excluding carboxylic acids is 1. The topological polar surface area (TPSA) is 50.1 Å². The molecule has 0 saturated carbocycles. The molecule has 0 spiro atoms. The fraction of sp³-hybridized carbons (Fsp3) is 0.273. The van der Waals surface area contributed by atoms with Crippen LogP contribution in [0.1, 0.15) is 15.2 Å². The average molecular weight is 407 g/mol. The molecular formula is C22H22N4O2S. The van der Waals surface area contributed by atoms with E-state index in [1.165, 1.54) is 16.9 Å². The third kappa shape index (κ3) is 3.53. The quantitative estimate of drug-likeness (QED) is 0.519. The van der Waals surface area contributed by atoms with Crippen molar-refractivity contribution in [1.82, 2.24) is 14.3 Å². The van der Waals surface area contributed by atoms with E-state index in [2.05, 4.69) is 23.1 Å². The van der Waals surface area contributed by atoms with Crippen LogP contribution in [-0.2, 0) is 11.3 Å². The van der Waals surface area contributed by atoms with Crippen LogP contribution in [0, 0.1) is 0 Å². The van der Waals surface area contributed by atoms with Crippen molar-refractivity contribution in [3.8, 4) is 0 Å². The summed E-state index contributed by atoms with van der Waals surface area (Å²) in [5.41, 5.74) is 4.13. The highest BCUT2D eigenvalue weighted by molar-refractivity contribution is 7.19. The van der Waals surface area contributed by atoms with Gasteiger partial charge in [0.2, 0.25) is 0 Å². The Kier molecular flexibility index (Phi) is 4.79. The molecule has 4 aromatic rings. The van der Waals surface area contributed by atoms with Gasteiger partial charge in [-0.2, -0.15) is 0 Å². The number of aromatic nitrogens is 2. The van der Waals surface area contributed by atoms with Crippen LogP contribution < -0.4 is 4.90 Å². The van der Waals surface area contributed by atoms with Gasteiger partial charge >= 0.3 is 0 Å². The number of ether oxygens (including phenoxy) is 1. The van der Waals surface area contributed by atoms with Gasteiger partial charge < -0.3 is 9.64 Å². The third-order valence-electron chi connectivity index (χ3n) is 5.34. The molecule has 3 heterocycles. The van der Waals surface area contributed by atoms with E-state index in [9.17, 15) is 4.79 Å². The number of morpholine rings is 1. The van der Waals surface area contributed by atoms with Crippen LogP contribution in [0.2, 0.25) is 0 Å². The Morgan fingerprint density at radius 1 is 1.17 bits per heavy atom. The molecule has 1 saturated heterocycles. The monoisotopic (exact) mass is 406 g/mol. The molecule has 0 bridgehead atoms. The summed E-state index contributed by atoms with van der Waals surface area (Å²) in [5.74, 6) is -0.0238. The highest BCUT2D eigenvalue weighted by Gasteiger charge is 2.19. The predicted octanol–water partition coefficient (Wildman–Crippen LogP) is 3.66. The Labute approximate surface area is 172 Å². The van der Waals surface area contributed by atoms with Crippen LogP contribution in [0.5, 0.6) is 0 Å². The predicted molar refractivity (Wildman–Crippen MR) is 116 cm³/mol. The van der Waals surface area contributed by atoms with Gasteiger partial charge in [-0.25, -0.2) is 4.98 Å². The highest BCUT2D eigenvalue weighted by Crippen LogP contribution is 2.27. The van der Waals surface area contributed by atoms with E-state index in [0.29, 0.717) is 4.88 Å². The lowest BCUT2D eigenvalue weighted by Crippen LogP contribution is -2.35. The molecule has 0 atom stereocenters. The summed E-state index contributed by atoms with van der Waals surface area (Å²) in [6, 6.07) is 16.1. The molecule has 1 aliphatic heterocycles. The fourth-order valence-corrected chi connectivity index (χ4v) is 4.68. The summed E-state index contributed by atoms with van der Waals surface area (Å²) in [6.45, 7) is 4.42. The maximum absolute atomic E-state index is 13.0.